The number of ether oxygens (including phenoxy) is 4. The highest BCUT2D eigenvalue weighted by Crippen LogP contribution is 2.15. The average Bonchev–Trinajstić information content (AvgIpc) is 3.67. The van der Waals surface area contributed by atoms with E-state index in [-0.39, 0.29) is 18.2 Å². The second kappa shape index (κ2) is 39.0. The fourth-order valence-electron chi connectivity index (χ4n) is 6.63. The molecule has 0 aromatic carbocycles. The molecular weight excluding hydrogens is 650 g/mol. The molecule has 1 rings (SSSR count). The van der Waals surface area contributed by atoms with Crippen LogP contribution in [0.15, 0.2) is 24.3 Å². The van der Waals surface area contributed by atoms with Crippen molar-refractivity contribution in [2.24, 2.45) is 0 Å². The first-order valence-corrected chi connectivity index (χ1v) is 22.2. The molecule has 7 heteroatoms. The molecule has 0 amide bonds. The molecule has 0 aromatic heterocycles. The summed E-state index contributed by atoms with van der Waals surface area (Å²) in [5, 5.41) is 0. The Balaban J connectivity index is 2.07. The van der Waals surface area contributed by atoms with Gasteiger partial charge in [0, 0.05) is 26.1 Å². The van der Waals surface area contributed by atoms with Gasteiger partial charge in [0.2, 0.25) is 0 Å². The molecule has 0 spiro atoms. The number of unbranched alkanes of at least 4 members (excludes halogenated alkanes) is 19. The number of nitrogens with zero attached hydrogens (tertiary/aromatic N) is 1. The van der Waals surface area contributed by atoms with E-state index in [0.717, 1.165) is 103 Å². The largest absolute Gasteiger partial charge is 0.461 e. The number of hydrogen-bond donors (Lipinski definition) is 0. The Morgan fingerprint density at radius 2 is 0.962 bits per heavy atom. The van der Waals surface area contributed by atoms with Gasteiger partial charge < -0.3 is 23.8 Å². The molecular formula is C45H83NO6. The summed E-state index contributed by atoms with van der Waals surface area (Å²) in [6, 6.07) is 0. The van der Waals surface area contributed by atoms with Gasteiger partial charge in [-0.2, -0.15) is 0 Å². The Morgan fingerprint density at radius 3 is 1.44 bits per heavy atom. The number of allylic oxidation sites excluding steroid dienone is 2. The van der Waals surface area contributed by atoms with E-state index in [1.165, 1.54) is 103 Å². The highest BCUT2D eigenvalue weighted by molar-refractivity contribution is 5.69. The monoisotopic (exact) mass is 734 g/mol. The van der Waals surface area contributed by atoms with Gasteiger partial charge in [-0.3, -0.25) is 9.59 Å². The molecule has 0 aromatic rings. The number of carbonyl (C=O) groups excluding carboxylic acids is 2. The fourth-order valence-corrected chi connectivity index (χ4v) is 6.63. The van der Waals surface area contributed by atoms with E-state index in [9.17, 15) is 9.59 Å². The third-order valence-electron chi connectivity index (χ3n) is 9.98. The molecule has 1 fully saturated rings. The van der Waals surface area contributed by atoms with Gasteiger partial charge >= 0.3 is 11.9 Å². The molecule has 0 unspecified atom stereocenters. The van der Waals surface area contributed by atoms with Crippen LogP contribution < -0.4 is 0 Å². The lowest BCUT2D eigenvalue weighted by atomic mass is 10.1. The number of hydrogen-bond acceptors (Lipinski definition) is 7. The minimum atomic E-state index is -0.0950. The van der Waals surface area contributed by atoms with Crippen LogP contribution in [0.25, 0.3) is 0 Å². The van der Waals surface area contributed by atoms with Crippen molar-refractivity contribution in [1.82, 2.24) is 4.90 Å². The van der Waals surface area contributed by atoms with Gasteiger partial charge in [0.05, 0.1) is 0 Å². The van der Waals surface area contributed by atoms with Crippen LogP contribution in [-0.4, -0.2) is 69.2 Å². The van der Waals surface area contributed by atoms with Crippen LogP contribution >= 0.6 is 0 Å². The van der Waals surface area contributed by atoms with Crippen molar-refractivity contribution in [3.8, 4) is 0 Å². The molecule has 1 aliphatic rings. The summed E-state index contributed by atoms with van der Waals surface area (Å²) in [4.78, 5) is 26.5. The lowest BCUT2D eigenvalue weighted by Crippen LogP contribution is -2.22. The highest BCUT2D eigenvalue weighted by atomic mass is 16.7. The summed E-state index contributed by atoms with van der Waals surface area (Å²) >= 11 is 0. The van der Waals surface area contributed by atoms with Gasteiger partial charge in [0.1, 0.15) is 13.2 Å². The summed E-state index contributed by atoms with van der Waals surface area (Å²) in [6.07, 6.45) is 40.6. The summed E-state index contributed by atoms with van der Waals surface area (Å²) in [6.45, 7) is 10.5. The van der Waals surface area contributed by atoms with Crippen LogP contribution in [0.3, 0.4) is 0 Å². The molecule has 0 saturated carbocycles. The van der Waals surface area contributed by atoms with Crippen molar-refractivity contribution in [2.75, 3.05) is 46.1 Å². The average molecular weight is 734 g/mol. The lowest BCUT2D eigenvalue weighted by Gasteiger charge is -2.20. The second-order valence-electron chi connectivity index (χ2n) is 15.0. The number of rotatable bonds is 39. The predicted octanol–water partition coefficient (Wildman–Crippen LogP) is 12.2. The number of likely N-dealkylation sites (tertiary alicyclic amines) is 1. The Bertz CT molecular complexity index is 784. The van der Waals surface area contributed by atoms with Crippen molar-refractivity contribution < 1.29 is 28.5 Å². The molecule has 1 saturated heterocycles. The zero-order valence-corrected chi connectivity index (χ0v) is 34.2. The van der Waals surface area contributed by atoms with Gasteiger partial charge in [0.25, 0.3) is 0 Å². The molecule has 0 aliphatic carbocycles. The van der Waals surface area contributed by atoms with Gasteiger partial charge in [0.15, 0.2) is 6.29 Å². The van der Waals surface area contributed by atoms with Crippen molar-refractivity contribution in [2.45, 2.75) is 206 Å². The van der Waals surface area contributed by atoms with Gasteiger partial charge in [-0.1, -0.05) is 128 Å². The first-order chi connectivity index (χ1) is 25.7. The van der Waals surface area contributed by atoms with Crippen LogP contribution in [0.1, 0.15) is 200 Å². The normalized spacial score (nSPS) is 13.7. The summed E-state index contributed by atoms with van der Waals surface area (Å²) in [5.74, 6) is -0.145. The maximum Gasteiger partial charge on any atom is 0.306 e. The molecule has 0 atom stereocenters. The molecule has 0 radical (unpaired) electrons. The van der Waals surface area contributed by atoms with Gasteiger partial charge in [-0.05, 0) is 103 Å². The molecule has 7 nitrogen and oxygen atoms in total. The minimum absolute atomic E-state index is 0.0725. The van der Waals surface area contributed by atoms with Gasteiger partial charge in [-0.25, -0.2) is 0 Å². The molecule has 52 heavy (non-hydrogen) atoms. The van der Waals surface area contributed by atoms with Crippen LogP contribution in [0.5, 0.6) is 0 Å². The van der Waals surface area contributed by atoms with Crippen molar-refractivity contribution in [3.63, 3.8) is 0 Å². The molecule has 304 valence electrons. The molecule has 0 N–H and O–H groups in total. The third-order valence-corrected chi connectivity index (χ3v) is 9.98. The molecule has 1 heterocycles. The first-order valence-electron chi connectivity index (χ1n) is 22.2. The van der Waals surface area contributed by atoms with Crippen molar-refractivity contribution in [1.29, 1.82) is 0 Å². The van der Waals surface area contributed by atoms with E-state index in [1.807, 2.05) is 12.2 Å². The zero-order valence-electron chi connectivity index (χ0n) is 34.2. The fraction of sp³-hybridized carbons (Fsp3) is 0.867. The van der Waals surface area contributed by atoms with Crippen LogP contribution in [0, 0.1) is 0 Å². The van der Waals surface area contributed by atoms with Crippen molar-refractivity contribution in [3.05, 3.63) is 24.3 Å². The lowest BCUT2D eigenvalue weighted by molar-refractivity contribution is -0.148. The molecule has 1 aliphatic heterocycles. The van der Waals surface area contributed by atoms with Crippen LogP contribution in [0.2, 0.25) is 0 Å². The van der Waals surface area contributed by atoms with E-state index >= 15 is 0 Å². The topological polar surface area (TPSA) is 74.3 Å². The second-order valence-corrected chi connectivity index (χ2v) is 15.0. The standard InChI is InChI=1S/C45H83NO6/c1-3-5-7-9-13-19-29-39-49-43(47)33-23-17-11-15-21-31-41-51-45(35-25-26-36-46-37-27-28-38-46)52-42-32-22-16-12-18-24-34-44(48)50-40-30-20-14-10-8-6-4-2/h19-20,29-30,45H,3-18,21-28,31-42H2,1-2H3/b29-19-,30-20-. The quantitative estimate of drug-likeness (QED) is 0.0269. The maximum absolute atomic E-state index is 12.0. The number of esters is 2. The van der Waals surface area contributed by atoms with Gasteiger partial charge in [-0.15, -0.1) is 0 Å². The molecule has 0 bridgehead atoms. The summed E-state index contributed by atoms with van der Waals surface area (Å²) in [5.41, 5.74) is 0. The van der Waals surface area contributed by atoms with E-state index in [2.05, 4.69) is 30.9 Å². The van der Waals surface area contributed by atoms with E-state index < -0.39 is 0 Å². The first kappa shape index (κ1) is 48.3. The van der Waals surface area contributed by atoms with Crippen LogP contribution in [0.4, 0.5) is 0 Å². The van der Waals surface area contributed by atoms with E-state index in [4.69, 9.17) is 18.9 Å². The highest BCUT2D eigenvalue weighted by Gasteiger charge is 2.13. The third kappa shape index (κ3) is 34.1. The zero-order chi connectivity index (χ0) is 37.4. The van der Waals surface area contributed by atoms with Crippen LogP contribution in [-0.2, 0) is 28.5 Å². The number of carbonyl (C=O) groups is 2. The minimum Gasteiger partial charge on any atom is -0.461 e. The Labute approximate surface area is 321 Å². The summed E-state index contributed by atoms with van der Waals surface area (Å²) in [7, 11) is 0. The smallest absolute Gasteiger partial charge is 0.306 e. The Kier molecular flexibility index (Phi) is 36.2. The predicted molar refractivity (Wildman–Crippen MR) is 218 cm³/mol. The SMILES string of the molecule is CCCCCC/C=C\COC(=O)CCCCCCCCOC(CCCCN1CCCC1)OCCCCCCCCC(=O)OC/C=C\CCCCCC. The van der Waals surface area contributed by atoms with E-state index in [0.29, 0.717) is 26.1 Å². The summed E-state index contributed by atoms with van der Waals surface area (Å²) < 4.78 is 23.2. The van der Waals surface area contributed by atoms with E-state index in [1.54, 1.807) is 0 Å². The maximum atomic E-state index is 12.0. The Morgan fingerprint density at radius 1 is 0.519 bits per heavy atom. The Hall–Kier alpha value is -1.70. The van der Waals surface area contributed by atoms with Crippen molar-refractivity contribution >= 4 is 11.9 Å².